The quantitative estimate of drug-likeness (QED) is 0.829. The van der Waals surface area contributed by atoms with Gasteiger partial charge in [0, 0.05) is 18.0 Å². The van der Waals surface area contributed by atoms with Crippen LogP contribution in [-0.4, -0.2) is 13.0 Å². The lowest BCUT2D eigenvalue weighted by Crippen LogP contribution is -2.26. The number of carbonyl (C=O) groups is 1. The van der Waals surface area contributed by atoms with Gasteiger partial charge < -0.3 is 10.6 Å². The second-order valence-corrected chi connectivity index (χ2v) is 5.38. The van der Waals surface area contributed by atoms with Crippen molar-refractivity contribution in [2.45, 2.75) is 18.4 Å². The zero-order valence-corrected chi connectivity index (χ0v) is 10.2. The smallest absolute Gasteiger partial charge is 0.259 e. The maximum Gasteiger partial charge on any atom is 0.259 e. The number of rotatable bonds is 1. The summed E-state index contributed by atoms with van der Waals surface area (Å²) in [6.45, 7) is 0. The van der Waals surface area contributed by atoms with Crippen LogP contribution in [0.25, 0.3) is 10.8 Å². The topological polar surface area (TPSA) is 46.3 Å². The first-order valence-electron chi connectivity index (χ1n) is 6.25. The number of hydrogen-bond donors (Lipinski definition) is 1. The fourth-order valence-corrected chi connectivity index (χ4v) is 2.96. The summed E-state index contributed by atoms with van der Waals surface area (Å²) in [5.74, 6) is 0.0773. The van der Waals surface area contributed by atoms with E-state index in [0.29, 0.717) is 0 Å². The Kier molecular flexibility index (Phi) is 1.64. The van der Waals surface area contributed by atoms with Crippen molar-refractivity contribution < 1.29 is 4.79 Å². The Morgan fingerprint density at radius 2 is 2.00 bits per heavy atom. The van der Waals surface area contributed by atoms with Crippen LogP contribution in [0.4, 0.5) is 5.69 Å². The first-order chi connectivity index (χ1) is 8.62. The molecule has 1 aliphatic carbocycles. The van der Waals surface area contributed by atoms with Crippen LogP contribution >= 0.6 is 0 Å². The molecule has 2 N–H and O–H groups in total. The van der Waals surface area contributed by atoms with Gasteiger partial charge in [0.25, 0.3) is 5.91 Å². The van der Waals surface area contributed by atoms with Gasteiger partial charge in [-0.3, -0.25) is 4.79 Å². The molecule has 3 nitrogen and oxygen atoms in total. The molecule has 0 radical (unpaired) electrons. The van der Waals surface area contributed by atoms with E-state index in [2.05, 4.69) is 12.1 Å². The van der Waals surface area contributed by atoms with Crippen LogP contribution in [0.2, 0.25) is 0 Å². The molecular formula is C15H14N2O. The van der Waals surface area contributed by atoms with Crippen LogP contribution in [0.5, 0.6) is 0 Å². The van der Waals surface area contributed by atoms with Gasteiger partial charge in [0.15, 0.2) is 0 Å². The van der Waals surface area contributed by atoms with Crippen molar-refractivity contribution in [3.05, 3.63) is 41.5 Å². The van der Waals surface area contributed by atoms with Gasteiger partial charge in [0.2, 0.25) is 0 Å². The van der Waals surface area contributed by atoms with Gasteiger partial charge >= 0.3 is 0 Å². The van der Waals surface area contributed by atoms with E-state index in [1.807, 2.05) is 25.2 Å². The van der Waals surface area contributed by atoms with E-state index in [-0.39, 0.29) is 11.4 Å². The maximum absolute atomic E-state index is 12.4. The van der Waals surface area contributed by atoms with Crippen LogP contribution < -0.4 is 10.6 Å². The summed E-state index contributed by atoms with van der Waals surface area (Å²) in [5.41, 5.74) is 8.88. The first-order valence-corrected chi connectivity index (χ1v) is 6.25. The van der Waals surface area contributed by atoms with Crippen molar-refractivity contribution in [2.75, 3.05) is 11.9 Å². The molecule has 0 aromatic heterocycles. The van der Waals surface area contributed by atoms with Gasteiger partial charge in [-0.25, -0.2) is 0 Å². The second kappa shape index (κ2) is 2.93. The molecule has 1 amide bonds. The standard InChI is InChI=1S/C15H14N2O/c1-17-11-4-2-3-9-5-6-10(15(16)7-8-15)13(12(9)11)14(17)18/h2-6H,7-8,16H2,1H3. The van der Waals surface area contributed by atoms with E-state index < -0.39 is 0 Å². The van der Waals surface area contributed by atoms with Crippen molar-refractivity contribution in [1.82, 2.24) is 0 Å². The molecule has 1 saturated carbocycles. The highest BCUT2D eigenvalue weighted by Crippen LogP contribution is 2.48. The Bertz CT molecular complexity index is 701. The van der Waals surface area contributed by atoms with Crippen LogP contribution in [0.1, 0.15) is 28.8 Å². The lowest BCUT2D eigenvalue weighted by atomic mass is 9.94. The molecule has 1 aliphatic heterocycles. The third-order valence-corrected chi connectivity index (χ3v) is 4.23. The minimum atomic E-state index is -0.266. The average molecular weight is 238 g/mol. The second-order valence-electron chi connectivity index (χ2n) is 5.38. The number of anilines is 1. The van der Waals surface area contributed by atoms with Crippen LogP contribution in [0.3, 0.4) is 0 Å². The molecule has 2 aromatic rings. The van der Waals surface area contributed by atoms with Crippen LogP contribution in [-0.2, 0) is 5.54 Å². The molecule has 0 bridgehead atoms. The predicted molar refractivity (Wildman–Crippen MR) is 71.8 cm³/mol. The number of benzene rings is 2. The average Bonchev–Trinajstić information content (AvgIpc) is 3.08. The first kappa shape index (κ1) is 10.1. The Morgan fingerprint density at radius 1 is 1.22 bits per heavy atom. The van der Waals surface area contributed by atoms with Crippen LogP contribution in [0, 0.1) is 0 Å². The Hall–Kier alpha value is -1.87. The highest BCUT2D eigenvalue weighted by Gasteiger charge is 2.44. The molecule has 4 rings (SSSR count). The molecule has 90 valence electrons. The van der Waals surface area contributed by atoms with Gasteiger partial charge in [-0.2, -0.15) is 0 Å². The molecule has 1 fully saturated rings. The van der Waals surface area contributed by atoms with Gasteiger partial charge in [0.05, 0.1) is 11.3 Å². The van der Waals surface area contributed by atoms with Crippen molar-refractivity contribution in [3.8, 4) is 0 Å². The number of nitrogens with zero attached hydrogens (tertiary/aromatic N) is 1. The monoisotopic (exact) mass is 238 g/mol. The summed E-state index contributed by atoms with van der Waals surface area (Å²) >= 11 is 0. The molecule has 0 atom stereocenters. The van der Waals surface area contributed by atoms with Gasteiger partial charge in [0.1, 0.15) is 0 Å². The zero-order chi connectivity index (χ0) is 12.5. The van der Waals surface area contributed by atoms with Gasteiger partial charge in [-0.15, -0.1) is 0 Å². The normalized spacial score (nSPS) is 19.7. The number of hydrogen-bond acceptors (Lipinski definition) is 2. The maximum atomic E-state index is 12.4. The van der Waals surface area contributed by atoms with E-state index in [0.717, 1.165) is 40.4 Å². The zero-order valence-electron chi connectivity index (χ0n) is 10.2. The summed E-state index contributed by atoms with van der Waals surface area (Å²) in [4.78, 5) is 14.2. The van der Waals surface area contributed by atoms with Crippen molar-refractivity contribution in [1.29, 1.82) is 0 Å². The van der Waals surface area contributed by atoms with Crippen molar-refractivity contribution in [3.63, 3.8) is 0 Å². The van der Waals surface area contributed by atoms with E-state index in [4.69, 9.17) is 5.73 Å². The Balaban J connectivity index is 2.15. The molecule has 18 heavy (non-hydrogen) atoms. The highest BCUT2D eigenvalue weighted by molar-refractivity contribution is 6.25. The van der Waals surface area contributed by atoms with E-state index in [1.165, 1.54) is 0 Å². The van der Waals surface area contributed by atoms with Gasteiger partial charge in [-0.05, 0) is 29.9 Å². The molecule has 1 heterocycles. The lowest BCUT2D eigenvalue weighted by molar-refractivity contribution is 0.0997. The van der Waals surface area contributed by atoms with Crippen LogP contribution in [0.15, 0.2) is 30.3 Å². The molecule has 0 saturated heterocycles. The third kappa shape index (κ3) is 1.05. The fourth-order valence-electron chi connectivity index (χ4n) is 2.96. The Morgan fingerprint density at radius 3 is 2.72 bits per heavy atom. The van der Waals surface area contributed by atoms with E-state index in [1.54, 1.807) is 4.90 Å². The molecule has 2 aromatic carbocycles. The minimum Gasteiger partial charge on any atom is -0.321 e. The summed E-state index contributed by atoms with van der Waals surface area (Å²) in [7, 11) is 1.83. The highest BCUT2D eigenvalue weighted by atomic mass is 16.2. The lowest BCUT2D eigenvalue weighted by Gasteiger charge is -2.13. The molecule has 0 unspecified atom stereocenters. The molecule has 2 aliphatic rings. The number of nitrogens with two attached hydrogens (primary N) is 1. The number of amides is 1. The summed E-state index contributed by atoms with van der Waals surface area (Å²) in [6.07, 6.45) is 1.95. The predicted octanol–water partition coefficient (Wildman–Crippen LogP) is 2.38. The molecular weight excluding hydrogens is 224 g/mol. The van der Waals surface area contributed by atoms with Crippen molar-refractivity contribution in [2.24, 2.45) is 5.73 Å². The number of carbonyl (C=O) groups excluding carboxylic acids is 1. The third-order valence-electron chi connectivity index (χ3n) is 4.23. The summed E-state index contributed by atoms with van der Waals surface area (Å²) in [6, 6.07) is 10.2. The fraction of sp³-hybridized carbons (Fsp3) is 0.267. The summed E-state index contributed by atoms with van der Waals surface area (Å²) in [5, 5.41) is 2.19. The summed E-state index contributed by atoms with van der Waals surface area (Å²) < 4.78 is 0. The van der Waals surface area contributed by atoms with Gasteiger partial charge in [-0.1, -0.05) is 24.3 Å². The minimum absolute atomic E-state index is 0.0773. The van der Waals surface area contributed by atoms with E-state index in [9.17, 15) is 4.79 Å². The van der Waals surface area contributed by atoms with Crippen molar-refractivity contribution >= 4 is 22.4 Å². The van der Waals surface area contributed by atoms with E-state index >= 15 is 0 Å². The molecule has 0 spiro atoms. The molecule has 3 heteroatoms. The largest absolute Gasteiger partial charge is 0.321 e. The SMILES string of the molecule is CN1C(=O)c2c(C3(N)CC3)ccc3cccc1c23. The Labute approximate surface area is 105 Å².